The summed E-state index contributed by atoms with van der Waals surface area (Å²) in [4.78, 5) is 14.9. The monoisotopic (exact) mass is 578 g/mol. The Morgan fingerprint density at radius 3 is 2.56 bits per heavy atom. The fourth-order valence-corrected chi connectivity index (χ4v) is 6.69. The van der Waals surface area contributed by atoms with E-state index in [-0.39, 0.29) is 0 Å². The minimum absolute atomic E-state index is 0.328. The molecular formula is C32H42N4O4S. The number of carbonyl (C=O) groups is 1. The van der Waals surface area contributed by atoms with Gasteiger partial charge in [-0.25, -0.2) is 8.42 Å². The highest BCUT2D eigenvalue weighted by molar-refractivity contribution is 7.92. The molecule has 9 heteroatoms. The maximum atomic E-state index is 13.9. The van der Waals surface area contributed by atoms with Gasteiger partial charge in [0.1, 0.15) is 6.29 Å². The van der Waals surface area contributed by atoms with Crippen molar-refractivity contribution < 1.29 is 18.3 Å². The number of aliphatic hydroxyl groups is 1. The number of nitrogens with one attached hydrogen (secondary N) is 2. The fourth-order valence-electron chi connectivity index (χ4n) is 5.14. The lowest BCUT2D eigenvalue weighted by atomic mass is 10.1. The van der Waals surface area contributed by atoms with Crippen molar-refractivity contribution in [1.82, 2.24) is 10.3 Å². The van der Waals surface area contributed by atoms with Crippen LogP contribution >= 0.6 is 0 Å². The third-order valence-electron chi connectivity index (χ3n) is 7.53. The maximum Gasteiger partial charge on any atom is 0.264 e. The molecule has 0 saturated heterocycles. The minimum atomic E-state index is -3.73. The maximum absolute atomic E-state index is 13.9. The van der Waals surface area contributed by atoms with E-state index in [2.05, 4.69) is 15.6 Å². The van der Waals surface area contributed by atoms with Gasteiger partial charge in [0.25, 0.3) is 10.0 Å². The standard InChI is InChI=1S/C32H42N4O4S/c37-22-7-5-3-1-2-4-6-21-36(41(39,40)30-14-15-31-27(23-30)17-20-35-31)29-12-10-26(11-13-29)16-19-34-25-32(38)28-9-8-18-33-24-28/h8-15,18,22-24,32,34-35,38H,1-7,16-17,19-21,25H2. The second-order valence-corrected chi connectivity index (χ2v) is 12.4. The Hall–Kier alpha value is -3.27. The van der Waals surface area contributed by atoms with E-state index in [1.54, 1.807) is 22.8 Å². The fraction of sp³-hybridized carbons (Fsp3) is 0.438. The highest BCUT2D eigenvalue weighted by atomic mass is 32.2. The predicted octanol–water partition coefficient (Wildman–Crippen LogP) is 5.04. The molecule has 0 amide bonds. The second kappa shape index (κ2) is 15.7. The number of aliphatic hydroxyl groups excluding tert-OH is 1. The summed E-state index contributed by atoms with van der Waals surface area (Å²) in [6, 6.07) is 16.8. The van der Waals surface area contributed by atoms with Gasteiger partial charge in [-0.1, -0.05) is 43.9 Å². The minimum Gasteiger partial charge on any atom is -0.387 e. The van der Waals surface area contributed by atoms with Gasteiger partial charge in [0, 0.05) is 49.7 Å². The number of fused-ring (bicyclic) bond motifs is 1. The van der Waals surface area contributed by atoms with Crippen molar-refractivity contribution in [2.75, 3.05) is 35.8 Å². The summed E-state index contributed by atoms with van der Waals surface area (Å²) in [7, 11) is -3.73. The van der Waals surface area contributed by atoms with Crippen LogP contribution in [0.2, 0.25) is 0 Å². The molecule has 4 rings (SSSR count). The number of aromatic nitrogens is 1. The molecule has 0 radical (unpaired) electrons. The van der Waals surface area contributed by atoms with Gasteiger partial charge in [-0.15, -0.1) is 0 Å². The van der Waals surface area contributed by atoms with Crippen molar-refractivity contribution >= 4 is 27.7 Å². The first-order valence-corrected chi connectivity index (χ1v) is 16.1. The molecule has 1 aromatic heterocycles. The van der Waals surface area contributed by atoms with Crippen molar-refractivity contribution in [1.29, 1.82) is 0 Å². The van der Waals surface area contributed by atoms with Gasteiger partial charge in [-0.2, -0.15) is 0 Å². The Kier molecular flexibility index (Phi) is 11.7. The molecule has 1 aliphatic heterocycles. The molecule has 3 N–H and O–H groups in total. The molecule has 0 aliphatic carbocycles. The van der Waals surface area contributed by atoms with Crippen molar-refractivity contribution in [3.05, 3.63) is 83.7 Å². The Morgan fingerprint density at radius 1 is 1.02 bits per heavy atom. The van der Waals surface area contributed by atoms with Gasteiger partial charge in [-0.3, -0.25) is 9.29 Å². The van der Waals surface area contributed by atoms with E-state index in [4.69, 9.17) is 0 Å². The summed E-state index contributed by atoms with van der Waals surface area (Å²) in [5.41, 5.74) is 4.59. The van der Waals surface area contributed by atoms with Gasteiger partial charge in [0.2, 0.25) is 0 Å². The van der Waals surface area contributed by atoms with E-state index in [1.165, 1.54) is 0 Å². The van der Waals surface area contributed by atoms with Crippen LogP contribution in [0.5, 0.6) is 0 Å². The Balaban J connectivity index is 1.37. The summed E-state index contributed by atoms with van der Waals surface area (Å²) < 4.78 is 29.3. The first kappa shape index (κ1) is 30.7. The number of rotatable bonds is 18. The number of aldehydes is 1. The van der Waals surface area contributed by atoms with Crippen molar-refractivity contribution in [3.8, 4) is 0 Å². The van der Waals surface area contributed by atoms with Crippen molar-refractivity contribution in [2.45, 2.75) is 68.8 Å². The summed E-state index contributed by atoms with van der Waals surface area (Å²) >= 11 is 0. The number of unbranched alkanes of at least 4 members (excludes halogenated alkanes) is 6. The molecule has 1 aliphatic rings. The number of sulfonamides is 1. The zero-order chi connectivity index (χ0) is 28.9. The van der Waals surface area contributed by atoms with Crippen LogP contribution in [0.3, 0.4) is 0 Å². The molecule has 41 heavy (non-hydrogen) atoms. The van der Waals surface area contributed by atoms with Gasteiger partial charge in [0.05, 0.1) is 16.7 Å². The molecular weight excluding hydrogens is 536 g/mol. The SMILES string of the molecule is O=CCCCCCCCCN(c1ccc(CCNCC(O)c2cccnc2)cc1)S(=O)(=O)c1ccc2c(c1)CCN2. The highest BCUT2D eigenvalue weighted by Crippen LogP contribution is 2.30. The Labute approximate surface area is 244 Å². The van der Waals surface area contributed by atoms with Crippen LogP contribution in [0.1, 0.15) is 67.7 Å². The van der Waals surface area contributed by atoms with Crippen molar-refractivity contribution in [2.24, 2.45) is 0 Å². The smallest absolute Gasteiger partial charge is 0.264 e. The number of carbonyl (C=O) groups excluding carboxylic acids is 1. The topological polar surface area (TPSA) is 112 Å². The van der Waals surface area contributed by atoms with Crippen LogP contribution < -0.4 is 14.9 Å². The first-order valence-electron chi connectivity index (χ1n) is 14.7. The van der Waals surface area contributed by atoms with Gasteiger partial charge >= 0.3 is 0 Å². The zero-order valence-corrected chi connectivity index (χ0v) is 24.5. The summed E-state index contributed by atoms with van der Waals surface area (Å²) in [6.07, 6.45) is 11.6. The number of hydrogen-bond acceptors (Lipinski definition) is 7. The lowest BCUT2D eigenvalue weighted by Crippen LogP contribution is -2.32. The summed E-state index contributed by atoms with van der Waals surface area (Å²) in [6.45, 7) is 2.37. The van der Waals surface area contributed by atoms with E-state index >= 15 is 0 Å². The first-order chi connectivity index (χ1) is 20.0. The largest absolute Gasteiger partial charge is 0.387 e. The molecule has 0 spiro atoms. The normalized spacial score (nSPS) is 13.4. The number of anilines is 2. The summed E-state index contributed by atoms with van der Waals surface area (Å²) in [5, 5.41) is 16.9. The Bertz CT molecular complexity index is 1330. The third kappa shape index (κ3) is 8.86. The van der Waals surface area contributed by atoms with Crippen LogP contribution in [0.25, 0.3) is 0 Å². The predicted molar refractivity (Wildman–Crippen MR) is 164 cm³/mol. The number of benzene rings is 2. The number of nitrogens with zero attached hydrogens (tertiary/aromatic N) is 2. The highest BCUT2D eigenvalue weighted by Gasteiger charge is 2.26. The molecule has 0 fully saturated rings. The molecule has 2 aromatic carbocycles. The summed E-state index contributed by atoms with van der Waals surface area (Å²) in [5.74, 6) is 0. The Morgan fingerprint density at radius 2 is 1.80 bits per heavy atom. The van der Waals surface area contributed by atoms with Crippen LogP contribution in [0.15, 0.2) is 71.9 Å². The van der Waals surface area contributed by atoms with Crippen LogP contribution in [-0.4, -0.2) is 51.0 Å². The average Bonchev–Trinajstić information content (AvgIpc) is 3.47. The van der Waals surface area contributed by atoms with Gasteiger partial charge in [-0.05, 0) is 79.8 Å². The molecule has 8 nitrogen and oxygen atoms in total. The van der Waals surface area contributed by atoms with E-state index in [1.807, 2.05) is 48.5 Å². The molecule has 1 atom stereocenters. The van der Waals surface area contributed by atoms with E-state index < -0.39 is 16.1 Å². The third-order valence-corrected chi connectivity index (χ3v) is 9.35. The lowest BCUT2D eigenvalue weighted by molar-refractivity contribution is -0.107. The van der Waals surface area contributed by atoms with Crippen LogP contribution in [-0.2, 0) is 27.7 Å². The van der Waals surface area contributed by atoms with E-state index in [0.29, 0.717) is 36.6 Å². The van der Waals surface area contributed by atoms with Crippen molar-refractivity contribution in [3.63, 3.8) is 0 Å². The van der Waals surface area contributed by atoms with Gasteiger partial charge in [0.15, 0.2) is 0 Å². The van der Waals surface area contributed by atoms with E-state index in [9.17, 15) is 18.3 Å². The van der Waals surface area contributed by atoms with Crippen LogP contribution in [0, 0.1) is 0 Å². The lowest BCUT2D eigenvalue weighted by Gasteiger charge is -2.25. The second-order valence-electron chi connectivity index (χ2n) is 10.6. The average molecular weight is 579 g/mol. The van der Waals surface area contributed by atoms with Crippen LogP contribution in [0.4, 0.5) is 11.4 Å². The quantitative estimate of drug-likeness (QED) is 0.143. The number of pyridine rings is 1. The molecule has 220 valence electrons. The molecule has 3 aromatic rings. The van der Waals surface area contributed by atoms with Gasteiger partial charge < -0.3 is 20.5 Å². The number of hydrogen-bond donors (Lipinski definition) is 3. The molecule has 0 saturated carbocycles. The zero-order valence-electron chi connectivity index (χ0n) is 23.7. The molecule has 0 bridgehead atoms. The molecule has 1 unspecified atom stereocenters. The van der Waals surface area contributed by atoms with E-state index in [0.717, 1.165) is 86.6 Å². The molecule has 2 heterocycles.